The van der Waals surface area contributed by atoms with E-state index >= 15 is 0 Å². The molecule has 1 aromatic rings. The lowest BCUT2D eigenvalue weighted by atomic mass is 10.0. The molecule has 0 amide bonds. The highest BCUT2D eigenvalue weighted by Crippen LogP contribution is 2.39. The van der Waals surface area contributed by atoms with Crippen LogP contribution in [-0.2, 0) is 0 Å². The van der Waals surface area contributed by atoms with E-state index < -0.39 is 0 Å². The molecule has 2 rings (SSSR count). The van der Waals surface area contributed by atoms with Crippen molar-refractivity contribution >= 4 is 15.9 Å². The first-order chi connectivity index (χ1) is 10.2. The average molecular weight is 361 g/mol. The molecular formula is C15H22BrFN2O2. The van der Waals surface area contributed by atoms with Gasteiger partial charge in [0.25, 0.3) is 0 Å². The molecule has 0 bridgehead atoms. The number of piperazine rings is 1. The molecule has 0 aromatic heterocycles. The smallest absolute Gasteiger partial charge is 0.137 e. The molecule has 6 heteroatoms. The van der Waals surface area contributed by atoms with Crippen LogP contribution >= 0.6 is 15.9 Å². The molecule has 1 aliphatic heterocycles. The first-order valence-corrected chi connectivity index (χ1v) is 7.92. The van der Waals surface area contributed by atoms with Crippen LogP contribution < -0.4 is 14.8 Å². The van der Waals surface area contributed by atoms with Crippen LogP contribution in [0.4, 0.5) is 4.39 Å². The molecular weight excluding hydrogens is 339 g/mol. The van der Waals surface area contributed by atoms with Crippen molar-refractivity contribution in [1.82, 2.24) is 10.2 Å². The number of nitrogens with zero attached hydrogens (tertiary/aromatic N) is 1. The quantitative estimate of drug-likeness (QED) is 0.845. The number of alkyl halides is 1. The van der Waals surface area contributed by atoms with Gasteiger partial charge in [0.1, 0.15) is 16.0 Å². The van der Waals surface area contributed by atoms with Crippen LogP contribution in [0.15, 0.2) is 16.6 Å². The van der Waals surface area contributed by atoms with Gasteiger partial charge in [-0.15, -0.1) is 0 Å². The Morgan fingerprint density at radius 2 is 1.81 bits per heavy atom. The molecule has 0 aliphatic carbocycles. The van der Waals surface area contributed by atoms with Gasteiger partial charge in [0.05, 0.1) is 20.9 Å². The SMILES string of the molecule is COc1cc([C@H](CCF)N2CCNCC2)cc(OC)c1Br. The van der Waals surface area contributed by atoms with Crippen molar-refractivity contribution in [3.05, 3.63) is 22.2 Å². The van der Waals surface area contributed by atoms with E-state index in [2.05, 4.69) is 26.1 Å². The maximum atomic E-state index is 13.0. The Morgan fingerprint density at radius 3 is 2.29 bits per heavy atom. The van der Waals surface area contributed by atoms with Crippen LogP contribution in [0, 0.1) is 0 Å². The Morgan fingerprint density at radius 1 is 1.24 bits per heavy atom. The number of hydrogen-bond acceptors (Lipinski definition) is 4. The Labute approximate surface area is 133 Å². The van der Waals surface area contributed by atoms with E-state index in [4.69, 9.17) is 9.47 Å². The molecule has 118 valence electrons. The van der Waals surface area contributed by atoms with Gasteiger partial charge in [0.15, 0.2) is 0 Å². The van der Waals surface area contributed by atoms with Gasteiger partial charge < -0.3 is 14.8 Å². The first kappa shape index (κ1) is 16.5. The summed E-state index contributed by atoms with van der Waals surface area (Å²) in [5.41, 5.74) is 1.03. The third-order valence-corrected chi connectivity index (χ3v) is 4.61. The summed E-state index contributed by atoms with van der Waals surface area (Å²) >= 11 is 3.47. The number of nitrogens with one attached hydrogen (secondary N) is 1. The van der Waals surface area contributed by atoms with Crippen molar-refractivity contribution in [3.8, 4) is 11.5 Å². The first-order valence-electron chi connectivity index (χ1n) is 7.13. The second-order valence-corrected chi connectivity index (χ2v) is 5.81. The maximum absolute atomic E-state index is 13.0. The van der Waals surface area contributed by atoms with Crippen LogP contribution in [0.25, 0.3) is 0 Å². The van der Waals surface area contributed by atoms with E-state index in [1.807, 2.05) is 12.1 Å². The summed E-state index contributed by atoms with van der Waals surface area (Å²) in [5, 5.41) is 3.33. The zero-order valence-electron chi connectivity index (χ0n) is 12.5. The van der Waals surface area contributed by atoms with Crippen molar-refractivity contribution in [3.63, 3.8) is 0 Å². The predicted molar refractivity (Wildman–Crippen MR) is 85.0 cm³/mol. The summed E-state index contributed by atoms with van der Waals surface area (Å²) < 4.78 is 24.6. The Bertz CT molecular complexity index is 442. The normalized spacial score (nSPS) is 17.5. The van der Waals surface area contributed by atoms with Gasteiger partial charge in [-0.25, -0.2) is 0 Å². The fraction of sp³-hybridized carbons (Fsp3) is 0.600. The van der Waals surface area contributed by atoms with E-state index in [0.717, 1.165) is 36.2 Å². The minimum absolute atomic E-state index is 0.0491. The summed E-state index contributed by atoms with van der Waals surface area (Å²) in [4.78, 5) is 2.32. The van der Waals surface area contributed by atoms with Gasteiger partial charge in [-0.1, -0.05) is 0 Å². The van der Waals surface area contributed by atoms with E-state index in [1.165, 1.54) is 0 Å². The Balaban J connectivity index is 2.34. The van der Waals surface area contributed by atoms with E-state index in [0.29, 0.717) is 17.9 Å². The molecule has 4 nitrogen and oxygen atoms in total. The van der Waals surface area contributed by atoms with Gasteiger partial charge in [-0.3, -0.25) is 9.29 Å². The topological polar surface area (TPSA) is 33.7 Å². The number of ether oxygens (including phenoxy) is 2. The lowest BCUT2D eigenvalue weighted by molar-refractivity contribution is 0.157. The van der Waals surface area contributed by atoms with E-state index in [-0.39, 0.29) is 12.7 Å². The molecule has 0 unspecified atom stereocenters. The summed E-state index contributed by atoms with van der Waals surface area (Å²) in [5.74, 6) is 1.42. The Kier molecular flexibility index (Phi) is 6.26. The molecule has 1 fully saturated rings. The number of rotatable bonds is 6. The van der Waals surface area contributed by atoms with Gasteiger partial charge in [0, 0.05) is 32.2 Å². The van der Waals surface area contributed by atoms with Crippen molar-refractivity contribution in [2.24, 2.45) is 0 Å². The Hall–Kier alpha value is -0.850. The minimum atomic E-state index is -0.338. The number of methoxy groups -OCH3 is 2. The fourth-order valence-corrected chi connectivity index (χ4v) is 3.29. The van der Waals surface area contributed by atoms with Crippen molar-refractivity contribution in [2.45, 2.75) is 12.5 Å². The molecule has 1 aromatic carbocycles. The standard InChI is InChI=1S/C15H22BrFN2O2/c1-20-13-9-11(10-14(21-2)15(13)16)12(3-4-17)19-7-5-18-6-8-19/h9-10,12,18H,3-8H2,1-2H3/t12-/m0/s1. The summed E-state index contributed by atoms with van der Waals surface area (Å²) in [6.07, 6.45) is 0.480. The third kappa shape index (κ3) is 3.87. The van der Waals surface area contributed by atoms with Gasteiger partial charge in [-0.2, -0.15) is 0 Å². The molecule has 1 saturated heterocycles. The van der Waals surface area contributed by atoms with Crippen LogP contribution in [0.5, 0.6) is 11.5 Å². The summed E-state index contributed by atoms with van der Waals surface area (Å²) in [6.45, 7) is 3.38. The molecule has 1 atom stereocenters. The molecule has 1 N–H and O–H groups in total. The number of halogens is 2. The van der Waals surface area contributed by atoms with Crippen LogP contribution in [-0.4, -0.2) is 52.0 Å². The van der Waals surface area contributed by atoms with Crippen molar-refractivity contribution in [2.75, 3.05) is 47.1 Å². The maximum Gasteiger partial charge on any atom is 0.137 e. The highest BCUT2D eigenvalue weighted by Gasteiger charge is 2.24. The molecule has 1 heterocycles. The minimum Gasteiger partial charge on any atom is -0.495 e. The molecule has 0 saturated carbocycles. The predicted octanol–water partition coefficient (Wildman–Crippen LogP) is 2.77. The number of benzene rings is 1. The number of hydrogen-bond donors (Lipinski definition) is 1. The summed E-state index contributed by atoms with van der Waals surface area (Å²) in [6, 6.07) is 3.98. The lowest BCUT2D eigenvalue weighted by Gasteiger charge is -2.35. The molecule has 21 heavy (non-hydrogen) atoms. The van der Waals surface area contributed by atoms with Crippen LogP contribution in [0.1, 0.15) is 18.0 Å². The van der Waals surface area contributed by atoms with Crippen molar-refractivity contribution < 1.29 is 13.9 Å². The highest BCUT2D eigenvalue weighted by atomic mass is 79.9. The average Bonchev–Trinajstić information content (AvgIpc) is 2.54. The van der Waals surface area contributed by atoms with Gasteiger partial charge in [-0.05, 0) is 40.0 Å². The molecule has 1 aliphatic rings. The van der Waals surface area contributed by atoms with Crippen LogP contribution in [0.2, 0.25) is 0 Å². The van der Waals surface area contributed by atoms with Gasteiger partial charge in [0.2, 0.25) is 0 Å². The van der Waals surface area contributed by atoms with Crippen molar-refractivity contribution in [1.29, 1.82) is 0 Å². The summed E-state index contributed by atoms with van der Waals surface area (Å²) in [7, 11) is 3.25. The highest BCUT2D eigenvalue weighted by molar-refractivity contribution is 9.10. The third-order valence-electron chi connectivity index (χ3n) is 3.83. The molecule has 0 spiro atoms. The largest absolute Gasteiger partial charge is 0.495 e. The lowest BCUT2D eigenvalue weighted by Crippen LogP contribution is -2.45. The van der Waals surface area contributed by atoms with Gasteiger partial charge >= 0.3 is 0 Å². The van der Waals surface area contributed by atoms with E-state index in [1.54, 1.807) is 14.2 Å². The molecule has 0 radical (unpaired) electrons. The zero-order chi connectivity index (χ0) is 15.2. The fourth-order valence-electron chi connectivity index (χ4n) is 2.74. The monoisotopic (exact) mass is 360 g/mol. The van der Waals surface area contributed by atoms with Crippen LogP contribution in [0.3, 0.4) is 0 Å². The van der Waals surface area contributed by atoms with E-state index in [9.17, 15) is 4.39 Å². The zero-order valence-corrected chi connectivity index (χ0v) is 14.1. The second-order valence-electron chi connectivity index (χ2n) is 5.02. The second kappa shape index (κ2) is 7.96.